The number of aromatic nitrogens is 2. The summed E-state index contributed by atoms with van der Waals surface area (Å²) >= 11 is 5.26. The zero-order chi connectivity index (χ0) is 27.6. The maximum Gasteiger partial charge on any atom is 0.573 e. The Hall–Kier alpha value is -3.92. The molecule has 0 atom stereocenters. The molecule has 0 unspecified atom stereocenters. The zero-order valence-corrected chi connectivity index (χ0v) is 22.1. The van der Waals surface area contributed by atoms with Crippen molar-refractivity contribution in [1.82, 2.24) is 14.7 Å². The van der Waals surface area contributed by atoms with Gasteiger partial charge in [-0.05, 0) is 54.4 Å². The van der Waals surface area contributed by atoms with E-state index in [4.69, 9.17) is 11.6 Å². The van der Waals surface area contributed by atoms with E-state index in [0.29, 0.717) is 29.3 Å². The van der Waals surface area contributed by atoms with Crippen molar-refractivity contribution in [2.24, 2.45) is 0 Å². The number of amides is 1. The van der Waals surface area contributed by atoms with Crippen molar-refractivity contribution in [3.8, 4) is 5.75 Å². The van der Waals surface area contributed by atoms with Crippen LogP contribution >= 0.6 is 0 Å². The number of nitrogens with zero attached hydrogens (tertiary/aromatic N) is 4. The van der Waals surface area contributed by atoms with Crippen molar-refractivity contribution in [3.63, 3.8) is 0 Å². The van der Waals surface area contributed by atoms with Gasteiger partial charge in [0.1, 0.15) is 17.1 Å². The Bertz CT molecular complexity index is 1450. The van der Waals surface area contributed by atoms with Gasteiger partial charge >= 0.3 is 6.36 Å². The number of aryl methyl sites for hydroxylation is 1. The molecular formula is C28H28ClF3N5O2+. The molecule has 39 heavy (non-hydrogen) atoms. The number of anilines is 2. The number of rotatable bonds is 7. The number of fused-ring (bicyclic) bond motifs is 1. The van der Waals surface area contributed by atoms with Crippen molar-refractivity contribution in [3.05, 3.63) is 88.8 Å². The van der Waals surface area contributed by atoms with Gasteiger partial charge < -0.3 is 19.9 Å². The minimum absolute atomic E-state index is 0.196. The molecule has 1 aliphatic rings. The van der Waals surface area contributed by atoms with Gasteiger partial charge in [0.25, 0.3) is 5.91 Å². The Morgan fingerprint density at radius 3 is 2.10 bits per heavy atom. The number of carbonyl (C=O) groups is 1. The molecule has 2 aromatic carbocycles. The van der Waals surface area contributed by atoms with Crippen LogP contribution in [0, 0.1) is 11.6 Å². The summed E-state index contributed by atoms with van der Waals surface area (Å²) in [4.78, 5) is 22.0. The lowest BCUT2D eigenvalue weighted by atomic mass is 10.1. The molecule has 1 aliphatic heterocycles. The van der Waals surface area contributed by atoms with E-state index in [2.05, 4.69) is 24.8 Å². The second-order valence-electron chi connectivity index (χ2n) is 9.22. The van der Waals surface area contributed by atoms with E-state index in [-0.39, 0.29) is 11.7 Å². The minimum atomic E-state index is -4.70. The molecule has 204 valence electrons. The molecule has 0 aliphatic carbocycles. The number of ether oxygens (including phenoxy) is 1. The summed E-state index contributed by atoms with van der Waals surface area (Å²) in [5, 5.41) is 3.64. The average Bonchev–Trinajstić information content (AvgIpc) is 3.29. The first kappa shape index (κ1) is 26.7. The smallest absolute Gasteiger partial charge is 0.406 e. The third-order valence-electron chi connectivity index (χ3n) is 6.68. The Labute approximate surface area is 228 Å². The van der Waals surface area contributed by atoms with Gasteiger partial charge in [0, 0.05) is 50.2 Å². The predicted octanol–water partition coefficient (Wildman–Crippen LogP) is 4.75. The van der Waals surface area contributed by atoms with Crippen LogP contribution in [0.3, 0.4) is 0 Å². The maximum atomic E-state index is 13.1. The van der Waals surface area contributed by atoms with Crippen LogP contribution in [-0.2, 0) is 13.0 Å². The number of alkyl halides is 3. The van der Waals surface area contributed by atoms with E-state index in [1.54, 1.807) is 28.8 Å². The van der Waals surface area contributed by atoms with Gasteiger partial charge in [-0.1, -0.05) is 19.1 Å². The number of pyridine rings is 1. The summed E-state index contributed by atoms with van der Waals surface area (Å²) in [6.07, 6.45) is -2.31. The van der Waals surface area contributed by atoms with Crippen LogP contribution in [0.15, 0.2) is 66.9 Å². The van der Waals surface area contributed by atoms with E-state index in [1.165, 1.54) is 12.1 Å². The lowest BCUT2D eigenvalue weighted by Gasteiger charge is -2.37. The van der Waals surface area contributed by atoms with E-state index in [1.807, 2.05) is 37.3 Å². The first-order valence-electron chi connectivity index (χ1n) is 12.6. The van der Waals surface area contributed by atoms with Crippen LogP contribution in [0.25, 0.3) is 5.65 Å². The first-order chi connectivity index (χ1) is 18.7. The van der Waals surface area contributed by atoms with Crippen LogP contribution in [0.1, 0.15) is 28.7 Å². The molecular weight excluding hydrogens is 531 g/mol. The summed E-state index contributed by atoms with van der Waals surface area (Å²) in [6.45, 7) is 5.37. The second-order valence-corrected chi connectivity index (χ2v) is 9.69. The van der Waals surface area contributed by atoms with Crippen LogP contribution in [-0.4, -0.2) is 47.8 Å². The Balaban J connectivity index is 1.16. The van der Waals surface area contributed by atoms with Gasteiger partial charge in [-0.25, -0.2) is 4.98 Å². The molecule has 7 nitrogen and oxygen atoms in total. The van der Waals surface area contributed by atoms with Crippen LogP contribution in [0.4, 0.5) is 24.5 Å². The van der Waals surface area contributed by atoms with Crippen molar-refractivity contribution in [1.29, 1.82) is 0 Å². The molecule has 0 bridgehead atoms. The summed E-state index contributed by atoms with van der Waals surface area (Å²) in [5.41, 5.74) is 4.85. The number of piperazine rings is 1. The lowest BCUT2D eigenvalue weighted by Crippen LogP contribution is -2.46. The van der Waals surface area contributed by atoms with Crippen molar-refractivity contribution in [2.45, 2.75) is 26.3 Å². The third kappa shape index (κ3) is 6.22. The van der Waals surface area contributed by atoms with Gasteiger partial charge in [-0.2, -0.15) is 0 Å². The quantitative estimate of drug-likeness (QED) is 0.355. The fourth-order valence-electron chi connectivity index (χ4n) is 4.73. The average molecular weight is 559 g/mol. The number of carbonyl (C=O) groups excluding carboxylic acids is 1. The molecule has 3 heterocycles. The molecule has 2 aromatic heterocycles. The number of nitrogens with one attached hydrogen (secondary N) is 1. The van der Waals surface area contributed by atoms with Crippen LogP contribution in [0.2, 0.25) is 5.02 Å². The van der Waals surface area contributed by atoms with Gasteiger partial charge in [0.2, 0.25) is 5.02 Å². The summed E-state index contributed by atoms with van der Waals surface area (Å²) < 4.78 is 42.9. The van der Waals surface area contributed by atoms with Crippen molar-refractivity contribution >= 4 is 22.9 Å². The minimum Gasteiger partial charge on any atom is -0.406 e. The van der Waals surface area contributed by atoms with Gasteiger partial charge in [-0.15, -0.1) is 13.2 Å². The monoisotopic (exact) mass is 558 g/mol. The van der Waals surface area contributed by atoms with Crippen LogP contribution in [0.5, 0.6) is 5.75 Å². The predicted molar refractivity (Wildman–Crippen MR) is 140 cm³/mol. The molecule has 11 heteroatoms. The fraction of sp³-hybridized carbons (Fsp3) is 0.286. The van der Waals surface area contributed by atoms with E-state index in [0.717, 1.165) is 48.8 Å². The molecule has 0 saturated carbocycles. The number of benzene rings is 2. The summed E-state index contributed by atoms with van der Waals surface area (Å²) in [5.74, 6) is -0.422. The van der Waals surface area contributed by atoms with Gasteiger partial charge in [-0.3, -0.25) is 9.20 Å². The Morgan fingerprint density at radius 2 is 1.54 bits per heavy atom. The molecule has 1 fully saturated rings. The highest BCUT2D eigenvalue weighted by atomic mass is 35.5. The largest absolute Gasteiger partial charge is 0.573 e. The van der Waals surface area contributed by atoms with Crippen molar-refractivity contribution < 1.29 is 34.3 Å². The first-order valence-corrected chi connectivity index (χ1v) is 13.0. The highest BCUT2D eigenvalue weighted by molar-refractivity contribution is 5.94. The molecule has 0 spiro atoms. The highest BCUT2D eigenvalue weighted by Crippen LogP contribution is 2.27. The van der Waals surface area contributed by atoms with Crippen molar-refractivity contribution in [2.75, 3.05) is 36.0 Å². The van der Waals surface area contributed by atoms with Gasteiger partial charge in [0.05, 0.1) is 11.9 Å². The molecule has 1 amide bonds. The number of halogens is 4. The van der Waals surface area contributed by atoms with Gasteiger partial charge in [0.15, 0.2) is 11.6 Å². The summed E-state index contributed by atoms with van der Waals surface area (Å²) in [7, 11) is 0. The molecule has 4 aromatic rings. The van der Waals surface area contributed by atoms with Crippen LogP contribution < -0.4 is 19.9 Å². The lowest BCUT2D eigenvalue weighted by molar-refractivity contribution is -0.289. The normalized spacial score (nSPS) is 14.1. The summed E-state index contributed by atoms with van der Waals surface area (Å²) in [6, 6.07) is 17.6. The van der Waals surface area contributed by atoms with E-state index in [9.17, 15) is 18.0 Å². The molecule has 0 radical (unpaired) electrons. The Morgan fingerprint density at radius 1 is 0.949 bits per heavy atom. The third-order valence-corrected chi connectivity index (χ3v) is 6.92. The maximum absolute atomic E-state index is 13.1. The molecule has 1 saturated heterocycles. The number of hydrogen-bond acceptors (Lipinski definition) is 5. The zero-order valence-electron chi connectivity index (χ0n) is 21.2. The highest BCUT2D eigenvalue weighted by Gasteiger charge is 2.31. The molecule has 1 N–H and O–H groups in total. The topological polar surface area (TPSA) is 62.1 Å². The van der Waals surface area contributed by atoms with E-state index >= 15 is 0 Å². The van der Waals surface area contributed by atoms with E-state index < -0.39 is 6.36 Å². The number of imidazole rings is 1. The standard InChI is InChI=1S/C28H27ClF3N5O2/c1-2-24-26(37-18-20(29)5-12-25(37)34-24)27(38)33-17-19-3-6-21(7-4-19)35-13-15-36(16-14-35)22-8-10-23(11-9-22)39-28(30,31)32/h3-12,18,29H,2,13-17H2,1H3/p+1. The Kier molecular flexibility index (Phi) is 7.56. The molecule has 5 rings (SSSR count). The number of hydrogen-bond donors (Lipinski definition) is 1. The SMILES string of the molecule is CCc1nc2ccc([ClH+])cn2c1C(=O)NCc1ccc(N2CCN(c3ccc(OC(F)(F)F)cc3)CC2)cc1. The second kappa shape index (κ2) is 11.1. The fourth-order valence-corrected chi connectivity index (χ4v) is 4.91.